The van der Waals surface area contributed by atoms with E-state index < -0.39 is 0 Å². The Morgan fingerprint density at radius 2 is 2.03 bits per heavy atom. The third kappa shape index (κ3) is 4.20. The molecule has 1 amide bonds. The molecule has 0 aliphatic heterocycles. The zero-order chi connectivity index (χ0) is 20.4. The maximum absolute atomic E-state index is 12.7. The van der Waals surface area contributed by atoms with Crippen molar-refractivity contribution in [2.24, 2.45) is 0 Å². The minimum absolute atomic E-state index is 0.212. The molecular weight excluding hydrogens is 458 g/mol. The molecule has 3 aromatic heterocycles. The number of hydrogen-bond donors (Lipinski definition) is 1. The summed E-state index contributed by atoms with van der Waals surface area (Å²) in [7, 11) is 0. The van der Waals surface area contributed by atoms with Gasteiger partial charge in [-0.2, -0.15) is 5.10 Å². The second-order valence-corrected chi connectivity index (χ2v) is 7.47. The lowest BCUT2D eigenvalue weighted by atomic mass is 10.2. The summed E-state index contributed by atoms with van der Waals surface area (Å²) in [5, 5.41) is 15.7. The number of carbonyl (C=O) groups excluding carboxylic acids is 1. The summed E-state index contributed by atoms with van der Waals surface area (Å²) in [6.45, 7) is 2.23. The van der Waals surface area contributed by atoms with E-state index in [1.807, 2.05) is 31.2 Å². The molecule has 8 nitrogen and oxygen atoms in total. The number of carbonyl (C=O) groups is 1. The van der Waals surface area contributed by atoms with Gasteiger partial charge in [-0.15, -0.1) is 5.10 Å². The number of nitrogens with zero attached hydrogens (tertiary/aromatic N) is 6. The molecule has 0 aliphatic rings. The van der Waals surface area contributed by atoms with Crippen LogP contribution in [0.1, 0.15) is 21.7 Å². The van der Waals surface area contributed by atoms with E-state index in [1.165, 1.54) is 4.68 Å². The number of halogens is 2. The van der Waals surface area contributed by atoms with Gasteiger partial charge in [-0.1, -0.05) is 34.5 Å². The van der Waals surface area contributed by atoms with Crippen molar-refractivity contribution in [3.63, 3.8) is 0 Å². The van der Waals surface area contributed by atoms with E-state index in [2.05, 4.69) is 41.6 Å². The van der Waals surface area contributed by atoms with E-state index >= 15 is 0 Å². The van der Waals surface area contributed by atoms with Crippen molar-refractivity contribution in [1.29, 1.82) is 0 Å². The molecule has 10 heteroatoms. The van der Waals surface area contributed by atoms with Crippen LogP contribution in [-0.2, 0) is 6.54 Å². The Labute approximate surface area is 179 Å². The first-order valence-corrected chi connectivity index (χ1v) is 9.81. The molecule has 1 N–H and O–H groups in total. The molecule has 0 bridgehead atoms. The van der Waals surface area contributed by atoms with Gasteiger partial charge in [0.15, 0.2) is 5.82 Å². The molecule has 0 atom stereocenters. The Morgan fingerprint density at radius 3 is 2.79 bits per heavy atom. The molecule has 1 aromatic carbocycles. The molecule has 4 aromatic rings. The highest BCUT2D eigenvalue weighted by Crippen LogP contribution is 2.21. The Kier molecular flexibility index (Phi) is 5.41. The lowest BCUT2D eigenvalue weighted by Crippen LogP contribution is -2.26. The standard InChI is InChI=1S/C19H15BrClN7O/c1-12-4-6-14(7-5-12)27-11-13(24-26-27)10-23-19(29)16-9-17(20)25-28(16)18-15(21)3-2-8-22-18/h2-9,11H,10H2,1H3,(H,23,29). The van der Waals surface area contributed by atoms with Gasteiger partial charge in [-0.3, -0.25) is 4.79 Å². The minimum Gasteiger partial charge on any atom is -0.345 e. The van der Waals surface area contributed by atoms with Crippen LogP contribution >= 0.6 is 27.5 Å². The van der Waals surface area contributed by atoms with E-state index in [4.69, 9.17) is 11.6 Å². The van der Waals surface area contributed by atoms with Crippen LogP contribution in [0, 0.1) is 6.92 Å². The van der Waals surface area contributed by atoms with Crippen LogP contribution in [0.15, 0.2) is 59.5 Å². The number of nitrogens with one attached hydrogen (secondary N) is 1. The van der Waals surface area contributed by atoms with E-state index in [9.17, 15) is 4.79 Å². The van der Waals surface area contributed by atoms with Gasteiger partial charge in [0.05, 0.1) is 23.5 Å². The third-order valence-corrected chi connectivity index (χ3v) is 4.80. The SMILES string of the molecule is Cc1ccc(-n2cc(CNC(=O)c3cc(Br)nn3-c3ncccc3Cl)nn2)cc1. The van der Waals surface area contributed by atoms with Gasteiger partial charge < -0.3 is 5.32 Å². The van der Waals surface area contributed by atoms with Gasteiger partial charge in [0.25, 0.3) is 5.91 Å². The van der Waals surface area contributed by atoms with Crippen molar-refractivity contribution < 1.29 is 4.79 Å². The predicted molar refractivity (Wildman–Crippen MR) is 111 cm³/mol. The Bertz CT molecular complexity index is 1170. The van der Waals surface area contributed by atoms with Crippen molar-refractivity contribution in [3.05, 3.63) is 81.4 Å². The van der Waals surface area contributed by atoms with Crippen LogP contribution in [-0.4, -0.2) is 35.7 Å². The molecule has 0 radical (unpaired) electrons. The second-order valence-electron chi connectivity index (χ2n) is 6.25. The summed E-state index contributed by atoms with van der Waals surface area (Å²) in [4.78, 5) is 16.9. The molecule has 4 rings (SSSR count). The van der Waals surface area contributed by atoms with E-state index in [-0.39, 0.29) is 12.5 Å². The van der Waals surface area contributed by atoms with Crippen LogP contribution in [0.4, 0.5) is 0 Å². The molecule has 0 aliphatic carbocycles. The number of aryl methyl sites for hydroxylation is 1. The quantitative estimate of drug-likeness (QED) is 0.480. The number of aromatic nitrogens is 6. The molecule has 146 valence electrons. The zero-order valence-electron chi connectivity index (χ0n) is 15.3. The lowest BCUT2D eigenvalue weighted by molar-refractivity contribution is 0.0942. The number of pyridine rings is 1. The Hall–Kier alpha value is -3.04. The van der Waals surface area contributed by atoms with Crippen LogP contribution in [0.5, 0.6) is 0 Å². The molecular formula is C19H15BrClN7O. The highest BCUT2D eigenvalue weighted by Gasteiger charge is 2.18. The fourth-order valence-electron chi connectivity index (χ4n) is 2.67. The summed E-state index contributed by atoms with van der Waals surface area (Å²) in [6.07, 6.45) is 3.36. The average Bonchev–Trinajstić information content (AvgIpc) is 3.34. The maximum Gasteiger partial charge on any atom is 0.270 e. The number of hydrogen-bond acceptors (Lipinski definition) is 5. The summed E-state index contributed by atoms with van der Waals surface area (Å²) in [6, 6.07) is 12.9. The van der Waals surface area contributed by atoms with Gasteiger partial charge in [0.2, 0.25) is 0 Å². The van der Waals surface area contributed by atoms with Crippen LogP contribution < -0.4 is 5.32 Å². The normalized spacial score (nSPS) is 10.9. The van der Waals surface area contributed by atoms with Crippen molar-refractivity contribution in [3.8, 4) is 11.5 Å². The van der Waals surface area contributed by atoms with Crippen LogP contribution in [0.25, 0.3) is 11.5 Å². The van der Waals surface area contributed by atoms with Crippen molar-refractivity contribution in [2.45, 2.75) is 13.5 Å². The first kappa shape index (κ1) is 19.3. The zero-order valence-corrected chi connectivity index (χ0v) is 17.6. The fraction of sp³-hybridized carbons (Fsp3) is 0.105. The molecule has 29 heavy (non-hydrogen) atoms. The van der Waals surface area contributed by atoms with E-state index in [0.29, 0.717) is 26.8 Å². The molecule has 0 saturated carbocycles. The van der Waals surface area contributed by atoms with Crippen molar-refractivity contribution in [1.82, 2.24) is 35.1 Å². The lowest BCUT2D eigenvalue weighted by Gasteiger charge is -2.07. The van der Waals surface area contributed by atoms with E-state index in [0.717, 1.165) is 11.3 Å². The maximum atomic E-state index is 12.7. The highest BCUT2D eigenvalue weighted by atomic mass is 79.9. The van der Waals surface area contributed by atoms with Gasteiger partial charge >= 0.3 is 0 Å². The minimum atomic E-state index is -0.338. The number of amides is 1. The molecule has 0 saturated heterocycles. The smallest absolute Gasteiger partial charge is 0.270 e. The summed E-state index contributed by atoms with van der Waals surface area (Å²) in [5.41, 5.74) is 2.98. The molecule has 3 heterocycles. The van der Waals surface area contributed by atoms with Gasteiger partial charge in [-0.05, 0) is 47.1 Å². The average molecular weight is 473 g/mol. The van der Waals surface area contributed by atoms with Gasteiger partial charge in [0.1, 0.15) is 16.0 Å². The van der Waals surface area contributed by atoms with Crippen LogP contribution in [0.3, 0.4) is 0 Å². The predicted octanol–water partition coefficient (Wildman–Crippen LogP) is 3.50. The fourth-order valence-corrected chi connectivity index (χ4v) is 3.25. The summed E-state index contributed by atoms with van der Waals surface area (Å²) < 4.78 is 3.55. The first-order chi connectivity index (χ1) is 14.0. The van der Waals surface area contributed by atoms with Gasteiger partial charge in [-0.25, -0.2) is 14.3 Å². The molecule has 0 unspecified atom stereocenters. The van der Waals surface area contributed by atoms with Crippen molar-refractivity contribution in [2.75, 3.05) is 0 Å². The van der Waals surface area contributed by atoms with Gasteiger partial charge in [0, 0.05) is 12.3 Å². The Balaban J connectivity index is 1.50. The van der Waals surface area contributed by atoms with Crippen LogP contribution in [0.2, 0.25) is 5.02 Å². The van der Waals surface area contributed by atoms with Crippen molar-refractivity contribution >= 4 is 33.4 Å². The first-order valence-electron chi connectivity index (χ1n) is 8.64. The molecule has 0 spiro atoms. The van der Waals surface area contributed by atoms with E-state index in [1.54, 1.807) is 35.3 Å². The number of benzene rings is 1. The Morgan fingerprint density at radius 1 is 1.24 bits per heavy atom. The third-order valence-electron chi connectivity index (χ3n) is 4.12. The number of rotatable bonds is 5. The largest absolute Gasteiger partial charge is 0.345 e. The summed E-state index contributed by atoms with van der Waals surface area (Å²) in [5.74, 6) is 0.0325. The second kappa shape index (κ2) is 8.14. The summed E-state index contributed by atoms with van der Waals surface area (Å²) >= 11 is 9.49. The highest BCUT2D eigenvalue weighted by molar-refractivity contribution is 9.10. The monoisotopic (exact) mass is 471 g/mol. The topological polar surface area (TPSA) is 90.5 Å². The molecule has 0 fully saturated rings.